The molecule has 0 saturated heterocycles. The fourth-order valence-electron chi connectivity index (χ4n) is 1.97. The Balaban J connectivity index is 0. The molecule has 0 heterocycles. The summed E-state index contributed by atoms with van der Waals surface area (Å²) in [5, 5.41) is 6.66. The Kier molecular flexibility index (Phi) is 17.4. The van der Waals surface area contributed by atoms with Crippen molar-refractivity contribution in [2.24, 2.45) is 10.4 Å². The van der Waals surface area contributed by atoms with Gasteiger partial charge in [0.05, 0.1) is 19.8 Å². The van der Waals surface area contributed by atoms with Crippen molar-refractivity contribution in [1.29, 1.82) is 0 Å². The van der Waals surface area contributed by atoms with E-state index in [0.717, 1.165) is 19.0 Å². The zero-order valence-corrected chi connectivity index (χ0v) is 17.4. The Hall–Kier alpha value is -0.0800. The largest absolute Gasteiger partial charge is 0.382 e. The molecule has 0 fully saturated rings. The third-order valence-corrected chi connectivity index (χ3v) is 3.39. The van der Waals surface area contributed by atoms with Crippen molar-refractivity contribution in [3.05, 3.63) is 0 Å². The molecule has 22 heavy (non-hydrogen) atoms. The minimum atomic E-state index is 0. The van der Waals surface area contributed by atoms with E-state index in [1.165, 1.54) is 25.7 Å². The number of aliphatic imine (C=N–C) groups is 1. The van der Waals surface area contributed by atoms with Gasteiger partial charge in [-0.15, -0.1) is 24.0 Å². The SMILES string of the molecule is CCCCCC(C)(C)CNC(=NC)NCCOCCOC.I. The first kappa shape index (κ1) is 24.2. The molecule has 0 rings (SSSR count). The fraction of sp³-hybridized carbons (Fsp3) is 0.938. The molecule has 0 radical (unpaired) electrons. The maximum Gasteiger partial charge on any atom is 0.191 e. The summed E-state index contributed by atoms with van der Waals surface area (Å²) in [5.74, 6) is 0.842. The second-order valence-corrected chi connectivity index (χ2v) is 6.08. The topological polar surface area (TPSA) is 54.9 Å². The van der Waals surface area contributed by atoms with Crippen LogP contribution in [0.3, 0.4) is 0 Å². The van der Waals surface area contributed by atoms with Crippen molar-refractivity contribution < 1.29 is 9.47 Å². The van der Waals surface area contributed by atoms with Gasteiger partial charge in [-0.05, 0) is 11.8 Å². The summed E-state index contributed by atoms with van der Waals surface area (Å²) in [6.07, 6.45) is 5.13. The van der Waals surface area contributed by atoms with Gasteiger partial charge in [0.25, 0.3) is 0 Å². The van der Waals surface area contributed by atoms with Gasteiger partial charge in [0.1, 0.15) is 0 Å². The first-order valence-corrected chi connectivity index (χ1v) is 8.07. The molecule has 0 aliphatic heterocycles. The van der Waals surface area contributed by atoms with Crippen molar-refractivity contribution in [2.45, 2.75) is 46.5 Å². The van der Waals surface area contributed by atoms with Crippen LogP contribution in [0.5, 0.6) is 0 Å². The van der Waals surface area contributed by atoms with Crippen molar-refractivity contribution in [3.63, 3.8) is 0 Å². The quantitative estimate of drug-likeness (QED) is 0.217. The number of halogens is 1. The lowest BCUT2D eigenvalue weighted by Crippen LogP contribution is -2.43. The van der Waals surface area contributed by atoms with Crippen molar-refractivity contribution in [1.82, 2.24) is 10.6 Å². The van der Waals surface area contributed by atoms with Gasteiger partial charge in [-0.1, -0.05) is 40.0 Å². The lowest BCUT2D eigenvalue weighted by atomic mass is 9.87. The molecule has 0 atom stereocenters. The van der Waals surface area contributed by atoms with Crippen LogP contribution in [0.4, 0.5) is 0 Å². The fourth-order valence-corrected chi connectivity index (χ4v) is 1.97. The first-order valence-electron chi connectivity index (χ1n) is 8.07. The predicted molar refractivity (Wildman–Crippen MR) is 105 cm³/mol. The molecule has 0 aromatic heterocycles. The van der Waals surface area contributed by atoms with Gasteiger partial charge < -0.3 is 20.1 Å². The number of nitrogens with zero attached hydrogens (tertiary/aromatic N) is 1. The van der Waals surface area contributed by atoms with E-state index in [1.807, 2.05) is 0 Å². The zero-order chi connectivity index (χ0) is 16.0. The van der Waals surface area contributed by atoms with Gasteiger partial charge in [0, 0.05) is 27.2 Å². The predicted octanol–water partition coefficient (Wildman–Crippen LogP) is 3.04. The van der Waals surface area contributed by atoms with E-state index >= 15 is 0 Å². The highest BCUT2D eigenvalue weighted by Gasteiger charge is 2.17. The second-order valence-electron chi connectivity index (χ2n) is 6.08. The molecule has 0 unspecified atom stereocenters. The van der Waals surface area contributed by atoms with Gasteiger partial charge in [-0.3, -0.25) is 4.99 Å². The second kappa shape index (κ2) is 15.8. The maximum atomic E-state index is 5.41. The van der Waals surface area contributed by atoms with E-state index in [-0.39, 0.29) is 24.0 Å². The summed E-state index contributed by atoms with van der Waals surface area (Å²) >= 11 is 0. The van der Waals surface area contributed by atoms with E-state index in [4.69, 9.17) is 9.47 Å². The standard InChI is InChI=1S/C16H35N3O2.HI/c1-6-7-8-9-16(2,3)14-19-15(17-4)18-10-11-21-13-12-20-5;/h6-14H2,1-5H3,(H2,17,18,19);1H. The van der Waals surface area contributed by atoms with E-state index in [9.17, 15) is 0 Å². The molecule has 0 amide bonds. The molecular weight excluding hydrogens is 393 g/mol. The molecule has 2 N–H and O–H groups in total. The van der Waals surface area contributed by atoms with Crippen LogP contribution in [-0.2, 0) is 9.47 Å². The third kappa shape index (κ3) is 14.8. The Morgan fingerprint density at radius 1 is 1.09 bits per heavy atom. The normalized spacial score (nSPS) is 12.0. The van der Waals surface area contributed by atoms with Gasteiger partial charge in [0.2, 0.25) is 0 Å². The summed E-state index contributed by atoms with van der Waals surface area (Å²) in [6, 6.07) is 0. The number of methoxy groups -OCH3 is 1. The Bertz CT molecular complexity index is 274. The average molecular weight is 429 g/mol. The zero-order valence-electron chi connectivity index (χ0n) is 15.0. The molecule has 0 spiro atoms. The van der Waals surface area contributed by atoms with E-state index < -0.39 is 0 Å². The summed E-state index contributed by atoms with van der Waals surface area (Å²) < 4.78 is 10.3. The molecule has 6 heteroatoms. The lowest BCUT2D eigenvalue weighted by molar-refractivity contribution is 0.0733. The molecular formula is C16H36IN3O2. The maximum absolute atomic E-state index is 5.41. The smallest absolute Gasteiger partial charge is 0.191 e. The molecule has 0 bridgehead atoms. The van der Waals surface area contributed by atoms with Crippen LogP contribution in [0, 0.1) is 5.41 Å². The number of rotatable bonds is 12. The number of ether oxygens (including phenoxy) is 2. The first-order chi connectivity index (χ1) is 10.1. The van der Waals surface area contributed by atoms with E-state index in [2.05, 4.69) is 36.4 Å². The lowest BCUT2D eigenvalue weighted by Gasteiger charge is -2.26. The van der Waals surface area contributed by atoms with Crippen LogP contribution in [0.1, 0.15) is 46.5 Å². The van der Waals surface area contributed by atoms with Gasteiger partial charge >= 0.3 is 0 Å². The summed E-state index contributed by atoms with van der Waals surface area (Å²) in [7, 11) is 3.47. The minimum absolute atomic E-state index is 0. The highest BCUT2D eigenvalue weighted by molar-refractivity contribution is 14.0. The molecule has 134 valence electrons. The highest BCUT2D eigenvalue weighted by atomic mass is 127. The number of unbranched alkanes of at least 4 members (excludes halogenated alkanes) is 2. The van der Waals surface area contributed by atoms with Gasteiger partial charge in [-0.25, -0.2) is 0 Å². The molecule has 0 aromatic carbocycles. The highest BCUT2D eigenvalue weighted by Crippen LogP contribution is 2.22. The van der Waals surface area contributed by atoms with E-state index in [1.54, 1.807) is 14.2 Å². The Morgan fingerprint density at radius 2 is 1.82 bits per heavy atom. The van der Waals surface area contributed by atoms with Crippen molar-refractivity contribution in [3.8, 4) is 0 Å². The summed E-state index contributed by atoms with van der Waals surface area (Å²) in [5.41, 5.74) is 0.293. The number of nitrogens with one attached hydrogen (secondary N) is 2. The monoisotopic (exact) mass is 429 g/mol. The number of guanidine groups is 1. The molecule has 0 saturated carbocycles. The third-order valence-electron chi connectivity index (χ3n) is 3.39. The van der Waals surface area contributed by atoms with Gasteiger partial charge in [0.15, 0.2) is 5.96 Å². The van der Waals surface area contributed by atoms with Crippen molar-refractivity contribution >= 4 is 29.9 Å². The summed E-state index contributed by atoms with van der Waals surface area (Å²) in [6.45, 7) is 10.5. The Labute approximate surface area is 154 Å². The van der Waals surface area contributed by atoms with Crippen LogP contribution in [0.2, 0.25) is 0 Å². The molecule has 0 aromatic rings. The van der Waals surface area contributed by atoms with Crippen molar-refractivity contribution in [2.75, 3.05) is 47.1 Å². The number of hydrogen-bond acceptors (Lipinski definition) is 3. The number of hydrogen-bond donors (Lipinski definition) is 2. The minimum Gasteiger partial charge on any atom is -0.382 e. The van der Waals surface area contributed by atoms with Gasteiger partial charge in [-0.2, -0.15) is 0 Å². The summed E-state index contributed by atoms with van der Waals surface area (Å²) in [4.78, 5) is 4.24. The van der Waals surface area contributed by atoms with E-state index in [0.29, 0.717) is 25.2 Å². The van der Waals surface area contributed by atoms with Crippen LogP contribution in [0.25, 0.3) is 0 Å². The molecule has 5 nitrogen and oxygen atoms in total. The van der Waals surface area contributed by atoms with Crippen LogP contribution in [-0.4, -0.2) is 53.0 Å². The Morgan fingerprint density at radius 3 is 2.41 bits per heavy atom. The molecule has 0 aliphatic rings. The van der Waals surface area contributed by atoms with Crippen LogP contribution >= 0.6 is 24.0 Å². The average Bonchev–Trinajstić information content (AvgIpc) is 2.46. The molecule has 0 aliphatic carbocycles. The van der Waals surface area contributed by atoms with Crippen LogP contribution < -0.4 is 10.6 Å². The van der Waals surface area contributed by atoms with Crippen LogP contribution in [0.15, 0.2) is 4.99 Å².